The second kappa shape index (κ2) is 9.78. The number of aliphatic imine (C=N–C) groups is 1. The van der Waals surface area contributed by atoms with Crippen LogP contribution in [0.1, 0.15) is 41.9 Å². The normalized spacial score (nSPS) is 22.0. The van der Waals surface area contributed by atoms with Crippen LogP contribution in [0.15, 0.2) is 47.6 Å². The van der Waals surface area contributed by atoms with Crippen LogP contribution in [0.4, 0.5) is 5.82 Å². The fourth-order valence-electron chi connectivity index (χ4n) is 4.14. The Balaban J connectivity index is 0.00000240. The highest BCUT2D eigenvalue weighted by molar-refractivity contribution is 14.0. The number of piperidine rings is 1. The van der Waals surface area contributed by atoms with E-state index in [9.17, 15) is 0 Å². The van der Waals surface area contributed by atoms with E-state index in [0.717, 1.165) is 37.7 Å². The van der Waals surface area contributed by atoms with E-state index in [1.165, 1.54) is 23.1 Å². The van der Waals surface area contributed by atoms with Crippen LogP contribution in [0, 0.1) is 13.8 Å². The van der Waals surface area contributed by atoms with Crippen molar-refractivity contribution in [1.82, 2.24) is 15.6 Å². The number of hydrogen-bond acceptors (Lipinski definition) is 3. The molecule has 1 saturated carbocycles. The lowest BCUT2D eigenvalue weighted by atomic mass is 10.0. The van der Waals surface area contributed by atoms with E-state index in [4.69, 9.17) is 0 Å². The van der Waals surface area contributed by atoms with Crippen molar-refractivity contribution < 1.29 is 0 Å². The van der Waals surface area contributed by atoms with Crippen LogP contribution in [0.2, 0.25) is 0 Å². The van der Waals surface area contributed by atoms with Gasteiger partial charge in [0.05, 0.1) is 0 Å². The van der Waals surface area contributed by atoms with Gasteiger partial charge in [0, 0.05) is 44.3 Å². The number of aryl methyl sites for hydroxylation is 2. The van der Waals surface area contributed by atoms with Gasteiger partial charge in [-0.15, -0.1) is 24.0 Å². The Bertz CT molecular complexity index is 827. The Morgan fingerprint density at radius 1 is 1.07 bits per heavy atom. The van der Waals surface area contributed by atoms with Crippen LogP contribution < -0.4 is 15.5 Å². The Labute approximate surface area is 191 Å². The van der Waals surface area contributed by atoms with Gasteiger partial charge in [0.1, 0.15) is 5.82 Å². The third-order valence-electron chi connectivity index (χ3n) is 5.98. The second-order valence-electron chi connectivity index (χ2n) is 8.12. The Kier molecular flexibility index (Phi) is 7.38. The topological polar surface area (TPSA) is 52.6 Å². The summed E-state index contributed by atoms with van der Waals surface area (Å²) in [7, 11) is 1.87. The van der Waals surface area contributed by atoms with Gasteiger partial charge in [-0.3, -0.25) is 4.99 Å². The van der Waals surface area contributed by atoms with Crippen molar-refractivity contribution in [3.8, 4) is 0 Å². The van der Waals surface area contributed by atoms with Gasteiger partial charge < -0.3 is 15.5 Å². The van der Waals surface area contributed by atoms with Gasteiger partial charge in [-0.05, 0) is 55.9 Å². The summed E-state index contributed by atoms with van der Waals surface area (Å²) in [5.74, 6) is 2.63. The predicted octanol–water partition coefficient (Wildman–Crippen LogP) is 4.01. The second-order valence-corrected chi connectivity index (χ2v) is 8.12. The minimum absolute atomic E-state index is 0. The van der Waals surface area contributed by atoms with Crippen molar-refractivity contribution in [3.63, 3.8) is 0 Å². The third kappa shape index (κ3) is 5.41. The molecule has 2 aromatic rings. The first kappa shape index (κ1) is 21.9. The molecular weight excluding hydrogens is 473 g/mol. The predicted molar refractivity (Wildman–Crippen MR) is 132 cm³/mol. The van der Waals surface area contributed by atoms with Crippen LogP contribution in [-0.4, -0.2) is 43.2 Å². The lowest BCUT2D eigenvalue weighted by Crippen LogP contribution is -2.49. The smallest absolute Gasteiger partial charge is 0.191 e. The summed E-state index contributed by atoms with van der Waals surface area (Å²) in [5.41, 5.74) is 4.06. The molecule has 5 nitrogen and oxygen atoms in total. The van der Waals surface area contributed by atoms with E-state index >= 15 is 0 Å². The van der Waals surface area contributed by atoms with Gasteiger partial charge in [0.2, 0.25) is 0 Å². The Morgan fingerprint density at radius 3 is 2.48 bits per heavy atom. The maximum absolute atomic E-state index is 4.57. The van der Waals surface area contributed by atoms with Crippen LogP contribution in [0.5, 0.6) is 0 Å². The maximum atomic E-state index is 4.57. The van der Waals surface area contributed by atoms with E-state index in [0.29, 0.717) is 18.0 Å². The molecule has 0 amide bonds. The van der Waals surface area contributed by atoms with Gasteiger partial charge in [-0.2, -0.15) is 0 Å². The number of hydrogen-bond donors (Lipinski definition) is 2. The van der Waals surface area contributed by atoms with Gasteiger partial charge in [0.25, 0.3) is 0 Å². The first-order chi connectivity index (χ1) is 13.6. The molecule has 29 heavy (non-hydrogen) atoms. The molecule has 2 N–H and O–H groups in total. The van der Waals surface area contributed by atoms with Crippen molar-refractivity contribution in [2.75, 3.05) is 25.0 Å². The van der Waals surface area contributed by atoms with Crippen molar-refractivity contribution in [3.05, 3.63) is 59.3 Å². The number of guanidine groups is 1. The lowest BCUT2D eigenvalue weighted by Gasteiger charge is -2.33. The van der Waals surface area contributed by atoms with E-state index in [1.54, 1.807) is 0 Å². The molecule has 2 heterocycles. The SMILES string of the molecule is CN=C(NC1CCN(c2ccc(C)cn2)CC1)NC1CC1c1ccccc1C.I. The molecule has 0 bridgehead atoms. The highest BCUT2D eigenvalue weighted by Gasteiger charge is 2.39. The van der Waals surface area contributed by atoms with Gasteiger partial charge in [0.15, 0.2) is 5.96 Å². The molecule has 2 fully saturated rings. The molecule has 1 saturated heterocycles. The number of benzene rings is 1. The fourth-order valence-corrected chi connectivity index (χ4v) is 4.14. The quantitative estimate of drug-likeness (QED) is 0.375. The molecule has 2 atom stereocenters. The van der Waals surface area contributed by atoms with E-state index in [1.807, 2.05) is 13.2 Å². The summed E-state index contributed by atoms with van der Waals surface area (Å²) >= 11 is 0. The van der Waals surface area contributed by atoms with Crippen LogP contribution in [-0.2, 0) is 0 Å². The monoisotopic (exact) mass is 505 g/mol. The van der Waals surface area contributed by atoms with Gasteiger partial charge in [-0.1, -0.05) is 30.3 Å². The number of anilines is 1. The van der Waals surface area contributed by atoms with Gasteiger partial charge in [-0.25, -0.2) is 4.98 Å². The highest BCUT2D eigenvalue weighted by atomic mass is 127. The summed E-state index contributed by atoms with van der Waals surface area (Å²) < 4.78 is 0. The summed E-state index contributed by atoms with van der Waals surface area (Å²) in [6.07, 6.45) is 5.33. The standard InChI is InChI=1S/C23H31N5.HI/c1-16-8-9-22(25-15-16)28-12-10-18(11-13-28)26-23(24-3)27-21-14-20(21)19-7-5-4-6-17(19)2;/h4-9,15,18,20-21H,10-14H2,1-3H3,(H2,24,26,27);1H. The van der Waals surface area contributed by atoms with E-state index in [-0.39, 0.29) is 24.0 Å². The third-order valence-corrected chi connectivity index (χ3v) is 5.98. The lowest BCUT2D eigenvalue weighted by molar-refractivity contribution is 0.459. The molecule has 156 valence electrons. The van der Waals surface area contributed by atoms with E-state index in [2.05, 4.69) is 75.8 Å². The summed E-state index contributed by atoms with van der Waals surface area (Å²) in [6.45, 7) is 6.34. The molecule has 1 aromatic carbocycles. The largest absolute Gasteiger partial charge is 0.356 e. The Hall–Kier alpha value is -1.83. The zero-order valence-corrected chi connectivity index (χ0v) is 19.9. The number of rotatable bonds is 4. The number of aromatic nitrogens is 1. The molecule has 0 radical (unpaired) electrons. The zero-order valence-electron chi connectivity index (χ0n) is 17.6. The fraction of sp³-hybridized carbons (Fsp3) is 0.478. The minimum atomic E-state index is 0. The summed E-state index contributed by atoms with van der Waals surface area (Å²) in [6, 6.07) is 13.9. The van der Waals surface area contributed by atoms with Crippen LogP contribution in [0.3, 0.4) is 0 Å². The molecule has 4 rings (SSSR count). The number of nitrogens with zero attached hydrogens (tertiary/aromatic N) is 3. The molecule has 1 aliphatic carbocycles. The molecule has 2 unspecified atom stereocenters. The van der Waals surface area contributed by atoms with Gasteiger partial charge >= 0.3 is 0 Å². The van der Waals surface area contributed by atoms with Crippen LogP contribution in [0.25, 0.3) is 0 Å². The first-order valence-electron chi connectivity index (χ1n) is 10.4. The molecule has 1 aliphatic heterocycles. The van der Waals surface area contributed by atoms with Crippen LogP contribution >= 0.6 is 24.0 Å². The maximum Gasteiger partial charge on any atom is 0.191 e. The van der Waals surface area contributed by atoms with Crippen molar-refractivity contribution in [2.24, 2.45) is 4.99 Å². The number of nitrogens with one attached hydrogen (secondary N) is 2. The van der Waals surface area contributed by atoms with E-state index < -0.39 is 0 Å². The number of pyridine rings is 1. The molecule has 0 spiro atoms. The average Bonchev–Trinajstić information content (AvgIpc) is 3.48. The van der Waals surface area contributed by atoms with Crippen molar-refractivity contribution in [1.29, 1.82) is 0 Å². The summed E-state index contributed by atoms with van der Waals surface area (Å²) in [5, 5.41) is 7.26. The molecule has 2 aliphatic rings. The molecule has 1 aromatic heterocycles. The zero-order chi connectivity index (χ0) is 19.5. The molecule has 6 heteroatoms. The minimum Gasteiger partial charge on any atom is -0.356 e. The Morgan fingerprint density at radius 2 is 1.83 bits per heavy atom. The highest BCUT2D eigenvalue weighted by Crippen LogP contribution is 2.42. The number of halogens is 1. The first-order valence-corrected chi connectivity index (χ1v) is 10.4. The molecular formula is C23H32IN5. The van der Waals surface area contributed by atoms with Crippen molar-refractivity contribution in [2.45, 2.75) is 51.1 Å². The average molecular weight is 505 g/mol. The summed E-state index contributed by atoms with van der Waals surface area (Å²) in [4.78, 5) is 11.4. The van der Waals surface area contributed by atoms with Crippen molar-refractivity contribution >= 4 is 35.8 Å².